The second kappa shape index (κ2) is 7.57. The van der Waals surface area contributed by atoms with E-state index < -0.39 is 5.95 Å². The number of benzene rings is 2. The van der Waals surface area contributed by atoms with E-state index in [2.05, 4.69) is 10.3 Å². The molecule has 0 aliphatic carbocycles. The third kappa shape index (κ3) is 4.20. The number of halogens is 1. The maximum atomic E-state index is 13.1. The fourth-order valence-electron chi connectivity index (χ4n) is 2.36. The fraction of sp³-hybridized carbons (Fsp3) is 0.100. The van der Waals surface area contributed by atoms with Crippen LogP contribution >= 0.6 is 0 Å². The summed E-state index contributed by atoms with van der Waals surface area (Å²) in [5, 5.41) is 2.77. The first kappa shape index (κ1) is 16.6. The Morgan fingerprint density at radius 3 is 2.56 bits per heavy atom. The van der Waals surface area contributed by atoms with Gasteiger partial charge in [0.05, 0.1) is 0 Å². The Morgan fingerprint density at radius 1 is 1.08 bits per heavy atom. The van der Waals surface area contributed by atoms with Gasteiger partial charge in [-0.15, -0.1) is 0 Å². The van der Waals surface area contributed by atoms with Crippen LogP contribution in [-0.4, -0.2) is 10.9 Å². The average Bonchev–Trinajstić information content (AvgIpc) is 2.62. The maximum Gasteiger partial charge on any atom is 0.251 e. The van der Waals surface area contributed by atoms with E-state index in [1.807, 2.05) is 55.5 Å². The van der Waals surface area contributed by atoms with Gasteiger partial charge in [-0.3, -0.25) is 4.79 Å². The average molecular weight is 336 g/mol. The molecule has 1 aromatic heterocycles. The Balaban J connectivity index is 1.73. The molecule has 1 amide bonds. The van der Waals surface area contributed by atoms with Crippen LogP contribution in [-0.2, 0) is 6.54 Å². The lowest BCUT2D eigenvalue weighted by molar-refractivity contribution is 0.0950. The van der Waals surface area contributed by atoms with Crippen molar-refractivity contribution in [2.24, 2.45) is 0 Å². The molecular formula is C20H17FN2O2. The standard InChI is InChI=1S/C20H17FN2O2/c1-14-6-2-4-8-17(14)25-18-9-5-3-7-16(18)13-23-20(24)15-10-11-22-19(21)12-15/h2-12H,13H2,1H3,(H,23,24). The molecule has 1 heterocycles. The van der Waals surface area contributed by atoms with Crippen molar-refractivity contribution in [3.63, 3.8) is 0 Å². The largest absolute Gasteiger partial charge is 0.457 e. The fourth-order valence-corrected chi connectivity index (χ4v) is 2.36. The van der Waals surface area contributed by atoms with E-state index in [-0.39, 0.29) is 18.0 Å². The van der Waals surface area contributed by atoms with Crippen molar-refractivity contribution in [3.05, 3.63) is 89.5 Å². The van der Waals surface area contributed by atoms with Gasteiger partial charge in [0, 0.05) is 29.9 Å². The minimum absolute atomic E-state index is 0.227. The normalized spacial score (nSPS) is 10.3. The number of hydrogen-bond acceptors (Lipinski definition) is 3. The highest BCUT2D eigenvalue weighted by Crippen LogP contribution is 2.27. The summed E-state index contributed by atoms with van der Waals surface area (Å²) in [4.78, 5) is 15.6. The molecule has 0 spiro atoms. The predicted octanol–water partition coefficient (Wildman–Crippen LogP) is 4.25. The van der Waals surface area contributed by atoms with Gasteiger partial charge in [0.2, 0.25) is 5.95 Å². The van der Waals surface area contributed by atoms with Gasteiger partial charge >= 0.3 is 0 Å². The number of hydrogen-bond donors (Lipinski definition) is 1. The molecule has 0 bridgehead atoms. The lowest BCUT2D eigenvalue weighted by Gasteiger charge is -2.13. The van der Waals surface area contributed by atoms with Gasteiger partial charge in [0.25, 0.3) is 5.91 Å². The molecule has 0 atom stereocenters. The van der Waals surface area contributed by atoms with Gasteiger partial charge in [-0.25, -0.2) is 4.98 Å². The topological polar surface area (TPSA) is 51.2 Å². The third-order valence-corrected chi connectivity index (χ3v) is 3.71. The Bertz CT molecular complexity index is 896. The third-order valence-electron chi connectivity index (χ3n) is 3.71. The highest BCUT2D eigenvalue weighted by molar-refractivity contribution is 5.94. The number of ether oxygens (including phenoxy) is 1. The van der Waals surface area contributed by atoms with Gasteiger partial charge in [0.1, 0.15) is 11.5 Å². The number of pyridine rings is 1. The number of carbonyl (C=O) groups is 1. The zero-order valence-corrected chi connectivity index (χ0v) is 13.7. The summed E-state index contributed by atoms with van der Waals surface area (Å²) in [6.07, 6.45) is 1.26. The van der Waals surface area contributed by atoms with Crippen molar-refractivity contribution in [2.45, 2.75) is 13.5 Å². The second-order valence-corrected chi connectivity index (χ2v) is 5.53. The Morgan fingerprint density at radius 2 is 1.80 bits per heavy atom. The summed E-state index contributed by atoms with van der Waals surface area (Å²) in [6.45, 7) is 2.24. The number of carbonyl (C=O) groups excluding carboxylic acids is 1. The first-order valence-corrected chi connectivity index (χ1v) is 7.84. The van der Waals surface area contributed by atoms with E-state index in [0.29, 0.717) is 5.75 Å². The number of amides is 1. The van der Waals surface area contributed by atoms with E-state index >= 15 is 0 Å². The number of nitrogens with one attached hydrogen (secondary N) is 1. The predicted molar refractivity (Wildman–Crippen MR) is 93.1 cm³/mol. The molecular weight excluding hydrogens is 319 g/mol. The van der Waals surface area contributed by atoms with Crippen molar-refractivity contribution >= 4 is 5.91 Å². The van der Waals surface area contributed by atoms with Crippen molar-refractivity contribution in [1.29, 1.82) is 0 Å². The number of aromatic nitrogens is 1. The van der Waals surface area contributed by atoms with E-state index in [0.717, 1.165) is 22.9 Å². The Labute approximate surface area is 145 Å². The molecule has 0 unspecified atom stereocenters. The van der Waals surface area contributed by atoms with Crippen LogP contribution in [0.1, 0.15) is 21.5 Å². The van der Waals surface area contributed by atoms with E-state index in [4.69, 9.17) is 4.74 Å². The highest BCUT2D eigenvalue weighted by Gasteiger charge is 2.10. The maximum absolute atomic E-state index is 13.1. The van der Waals surface area contributed by atoms with Crippen molar-refractivity contribution in [2.75, 3.05) is 0 Å². The summed E-state index contributed by atoms with van der Waals surface area (Å²) in [6, 6.07) is 17.8. The van der Waals surface area contributed by atoms with Gasteiger partial charge in [-0.2, -0.15) is 4.39 Å². The van der Waals surface area contributed by atoms with Crippen LogP contribution in [0.25, 0.3) is 0 Å². The number of para-hydroxylation sites is 2. The molecule has 126 valence electrons. The summed E-state index contributed by atoms with van der Waals surface area (Å²) in [7, 11) is 0. The van der Waals surface area contributed by atoms with E-state index in [1.165, 1.54) is 12.3 Å². The van der Waals surface area contributed by atoms with Crippen molar-refractivity contribution in [1.82, 2.24) is 10.3 Å². The molecule has 4 nitrogen and oxygen atoms in total. The summed E-state index contributed by atoms with van der Waals surface area (Å²) >= 11 is 0. The molecule has 0 fully saturated rings. The number of aryl methyl sites for hydroxylation is 1. The van der Waals surface area contributed by atoms with Crippen molar-refractivity contribution in [3.8, 4) is 11.5 Å². The van der Waals surface area contributed by atoms with Crippen LogP contribution in [0.3, 0.4) is 0 Å². The molecule has 0 saturated heterocycles. The highest BCUT2D eigenvalue weighted by atomic mass is 19.1. The van der Waals surface area contributed by atoms with Gasteiger partial charge in [0.15, 0.2) is 0 Å². The zero-order valence-electron chi connectivity index (χ0n) is 13.7. The molecule has 25 heavy (non-hydrogen) atoms. The molecule has 0 aliphatic heterocycles. The molecule has 2 aromatic carbocycles. The monoisotopic (exact) mass is 336 g/mol. The molecule has 3 rings (SSSR count). The quantitative estimate of drug-likeness (QED) is 0.709. The van der Waals surface area contributed by atoms with Gasteiger partial charge in [-0.1, -0.05) is 36.4 Å². The zero-order chi connectivity index (χ0) is 17.6. The van der Waals surface area contributed by atoms with Crippen LogP contribution in [0.4, 0.5) is 4.39 Å². The van der Waals surface area contributed by atoms with Gasteiger partial charge < -0.3 is 10.1 Å². The molecule has 5 heteroatoms. The first-order chi connectivity index (χ1) is 12.1. The lowest BCUT2D eigenvalue weighted by Crippen LogP contribution is -2.23. The van der Waals surface area contributed by atoms with Gasteiger partial charge in [-0.05, 0) is 30.7 Å². The minimum atomic E-state index is -0.684. The molecule has 0 aliphatic rings. The van der Waals surface area contributed by atoms with Crippen LogP contribution in [0.5, 0.6) is 11.5 Å². The van der Waals surface area contributed by atoms with Crippen LogP contribution in [0.2, 0.25) is 0 Å². The summed E-state index contributed by atoms with van der Waals surface area (Å²) < 4.78 is 19.1. The van der Waals surface area contributed by atoms with Crippen LogP contribution in [0.15, 0.2) is 66.9 Å². The van der Waals surface area contributed by atoms with Crippen LogP contribution in [0, 0.1) is 12.9 Å². The Hall–Kier alpha value is -3.21. The van der Waals surface area contributed by atoms with E-state index in [9.17, 15) is 9.18 Å². The SMILES string of the molecule is Cc1ccccc1Oc1ccccc1CNC(=O)c1ccnc(F)c1. The summed E-state index contributed by atoms with van der Waals surface area (Å²) in [5.74, 6) is 0.374. The van der Waals surface area contributed by atoms with Crippen LogP contribution < -0.4 is 10.1 Å². The molecule has 1 N–H and O–H groups in total. The molecule has 0 radical (unpaired) electrons. The minimum Gasteiger partial charge on any atom is -0.457 e. The first-order valence-electron chi connectivity index (χ1n) is 7.84. The summed E-state index contributed by atoms with van der Waals surface area (Å²) in [5.41, 5.74) is 2.08. The number of rotatable bonds is 5. The lowest BCUT2D eigenvalue weighted by atomic mass is 10.1. The second-order valence-electron chi connectivity index (χ2n) is 5.53. The smallest absolute Gasteiger partial charge is 0.251 e. The van der Waals surface area contributed by atoms with E-state index in [1.54, 1.807) is 0 Å². The van der Waals surface area contributed by atoms with Crippen molar-refractivity contribution < 1.29 is 13.9 Å². The Kier molecular flexibility index (Phi) is 5.04. The number of nitrogens with zero attached hydrogens (tertiary/aromatic N) is 1. The molecule has 3 aromatic rings. The molecule has 0 saturated carbocycles.